The molecule has 4 aromatic rings. The van der Waals surface area contributed by atoms with Crippen LogP contribution in [0, 0.1) is 97.0 Å². The van der Waals surface area contributed by atoms with E-state index < -0.39 is 0 Å². The standard InChI is InChI=1S/C25H20N2.C6H2.C5H4.C4H6.C3H4.4C2H6.Pt/c1-25(2,23-17-9-15-21(26-23)19-11-5-3-6-12-19)24-18-10-16-22(27-24)20-13-7-4-8-14-20;1-3-5-6-4-2;1-3-5-4-2;1-3-4-2;1-3-2;4*1-2;/h3-11,13,15-18H,1-2H3;1-2H;1H,2H3;1-2H3;1H,2H3;4*1-2H3;/q-2;;;;;;;;;+2. The number of benzene rings is 2. The van der Waals surface area contributed by atoms with Gasteiger partial charge in [0.2, 0.25) is 0 Å². The molecule has 4 rings (SSSR count). The maximum atomic E-state index is 4.91. The molecule has 2 heterocycles. The molecular formula is C51H60N2Pt. The van der Waals surface area contributed by atoms with Gasteiger partial charge in [0.15, 0.2) is 0 Å². The summed E-state index contributed by atoms with van der Waals surface area (Å²) < 4.78 is 0. The maximum Gasteiger partial charge on any atom is 2.00 e. The van der Waals surface area contributed by atoms with Crippen molar-refractivity contribution >= 4 is 0 Å². The van der Waals surface area contributed by atoms with E-state index in [2.05, 4.69) is 116 Å². The quantitative estimate of drug-likeness (QED) is 0.151. The van der Waals surface area contributed by atoms with Gasteiger partial charge < -0.3 is 9.97 Å². The Balaban J connectivity index is -0.000000177. The summed E-state index contributed by atoms with van der Waals surface area (Å²) in [5.41, 5.74) is 5.49. The second-order valence-electron chi connectivity index (χ2n) is 8.84. The average molecular weight is 896 g/mol. The SMILES string of the molecule is C#CC.C#CC#CC.C#CC#CC#C.CC.CC.CC.CC.CC#CC.CC(C)(c1cccc(-c2[c-]cccc2)n1)c1cccc(-c2[c-]cccc2)n1.[Pt+2]. The number of pyridine rings is 2. The Morgan fingerprint density at radius 1 is 0.481 bits per heavy atom. The van der Waals surface area contributed by atoms with E-state index in [1.807, 2.05) is 130 Å². The first-order valence-electron chi connectivity index (χ1n) is 17.7. The van der Waals surface area contributed by atoms with Crippen molar-refractivity contribution in [3.05, 3.63) is 108 Å². The first kappa shape index (κ1) is 60.4. The van der Waals surface area contributed by atoms with Gasteiger partial charge in [-0.1, -0.05) is 85.6 Å². The second kappa shape index (κ2) is 47.3. The van der Waals surface area contributed by atoms with E-state index in [1.54, 1.807) is 13.8 Å². The molecule has 0 N–H and O–H groups in total. The van der Waals surface area contributed by atoms with Crippen LogP contribution in [0.5, 0.6) is 0 Å². The summed E-state index contributed by atoms with van der Waals surface area (Å²) in [6.07, 6.45) is 18.7. The first-order chi connectivity index (χ1) is 25.8. The minimum atomic E-state index is -0.324. The Morgan fingerprint density at radius 2 is 0.815 bits per heavy atom. The summed E-state index contributed by atoms with van der Waals surface area (Å²) in [6.45, 7) is 27.3. The van der Waals surface area contributed by atoms with E-state index >= 15 is 0 Å². The fraction of sp³-hybridized carbons (Fsp3) is 0.294. The third kappa shape index (κ3) is 30.0. The fourth-order valence-electron chi connectivity index (χ4n) is 3.25. The van der Waals surface area contributed by atoms with E-state index in [4.69, 9.17) is 29.2 Å². The summed E-state index contributed by atoms with van der Waals surface area (Å²) in [6, 6.07) is 34.6. The molecule has 0 unspecified atom stereocenters. The smallest absolute Gasteiger partial charge is 0.300 e. The van der Waals surface area contributed by atoms with E-state index in [0.717, 1.165) is 33.9 Å². The number of hydrogen-bond acceptors (Lipinski definition) is 2. The van der Waals surface area contributed by atoms with Gasteiger partial charge in [0.05, 0.1) is 0 Å². The summed E-state index contributed by atoms with van der Waals surface area (Å²) in [4.78, 5) is 9.83. The molecular weight excluding hydrogens is 836 g/mol. The molecule has 2 nitrogen and oxygen atoms in total. The monoisotopic (exact) mass is 895 g/mol. The summed E-state index contributed by atoms with van der Waals surface area (Å²) in [5, 5.41) is 0. The first-order valence-corrected chi connectivity index (χ1v) is 17.7. The number of terminal acetylenes is 4. The van der Waals surface area contributed by atoms with Gasteiger partial charge >= 0.3 is 21.1 Å². The molecule has 0 radical (unpaired) electrons. The summed E-state index contributed by atoms with van der Waals surface area (Å²) >= 11 is 0. The van der Waals surface area contributed by atoms with Crippen LogP contribution < -0.4 is 0 Å². The van der Waals surface area contributed by atoms with Crippen molar-refractivity contribution in [2.45, 2.75) is 102 Å². The van der Waals surface area contributed by atoms with E-state index in [1.165, 1.54) is 0 Å². The topological polar surface area (TPSA) is 25.8 Å². The van der Waals surface area contributed by atoms with Crippen LogP contribution in [0.4, 0.5) is 0 Å². The third-order valence-corrected chi connectivity index (χ3v) is 5.40. The van der Waals surface area contributed by atoms with Crippen molar-refractivity contribution in [2.24, 2.45) is 0 Å². The summed E-state index contributed by atoms with van der Waals surface area (Å²) in [5.74, 6) is 23.3. The molecule has 0 amide bonds. The average Bonchev–Trinajstić information content (AvgIpc) is 3.25. The molecule has 0 aliphatic heterocycles. The number of nitrogens with zero attached hydrogens (tertiary/aromatic N) is 2. The molecule has 0 bridgehead atoms. The minimum absolute atomic E-state index is 0. The molecule has 0 saturated heterocycles. The Hall–Kier alpha value is -5.65. The van der Waals surface area contributed by atoms with Crippen LogP contribution in [0.1, 0.15) is 108 Å². The molecule has 0 spiro atoms. The zero-order chi connectivity index (χ0) is 41.8. The van der Waals surface area contributed by atoms with Crippen LogP contribution in [0.25, 0.3) is 22.5 Å². The van der Waals surface area contributed by atoms with Crippen molar-refractivity contribution in [3.63, 3.8) is 0 Å². The normalized spacial score (nSPS) is 7.15. The maximum absolute atomic E-state index is 4.91. The predicted molar refractivity (Wildman–Crippen MR) is 236 cm³/mol. The van der Waals surface area contributed by atoms with Crippen LogP contribution in [-0.4, -0.2) is 9.97 Å². The Bertz CT molecular complexity index is 1700. The summed E-state index contributed by atoms with van der Waals surface area (Å²) in [7, 11) is 0. The molecule has 54 heavy (non-hydrogen) atoms. The Morgan fingerprint density at radius 3 is 1.04 bits per heavy atom. The molecule has 0 atom stereocenters. The molecule has 0 saturated carbocycles. The van der Waals surface area contributed by atoms with Crippen LogP contribution in [0.3, 0.4) is 0 Å². The van der Waals surface area contributed by atoms with Gasteiger partial charge in [-0.15, -0.1) is 115 Å². The van der Waals surface area contributed by atoms with Crippen molar-refractivity contribution in [3.8, 4) is 107 Å². The fourth-order valence-corrected chi connectivity index (χ4v) is 3.25. The third-order valence-electron chi connectivity index (χ3n) is 5.40. The van der Waals surface area contributed by atoms with Gasteiger partial charge in [0, 0.05) is 16.8 Å². The van der Waals surface area contributed by atoms with E-state index in [0.29, 0.717) is 0 Å². The largest absolute Gasteiger partial charge is 2.00 e. The van der Waals surface area contributed by atoms with Crippen molar-refractivity contribution in [1.82, 2.24) is 9.97 Å². The number of aromatic nitrogens is 2. The van der Waals surface area contributed by atoms with Crippen molar-refractivity contribution in [1.29, 1.82) is 0 Å². The van der Waals surface area contributed by atoms with E-state index in [9.17, 15) is 0 Å². The van der Waals surface area contributed by atoms with Gasteiger partial charge in [-0.2, -0.15) is 0 Å². The molecule has 3 heteroatoms. The van der Waals surface area contributed by atoms with Crippen LogP contribution in [-0.2, 0) is 26.5 Å². The molecule has 284 valence electrons. The van der Waals surface area contributed by atoms with E-state index in [-0.39, 0.29) is 26.5 Å². The minimum Gasteiger partial charge on any atom is -0.300 e. The molecule has 0 fully saturated rings. The van der Waals surface area contributed by atoms with Crippen LogP contribution >= 0.6 is 0 Å². The molecule has 2 aromatic heterocycles. The second-order valence-corrected chi connectivity index (χ2v) is 8.84. The van der Waals surface area contributed by atoms with Gasteiger partial charge in [-0.05, 0) is 101 Å². The van der Waals surface area contributed by atoms with Crippen molar-refractivity contribution < 1.29 is 21.1 Å². The van der Waals surface area contributed by atoms with Gasteiger partial charge in [-0.25, -0.2) is 0 Å². The van der Waals surface area contributed by atoms with Gasteiger partial charge in [-0.3, -0.25) is 0 Å². The zero-order valence-corrected chi connectivity index (χ0v) is 37.4. The van der Waals surface area contributed by atoms with Crippen LogP contribution in [0.2, 0.25) is 0 Å². The number of hydrogen-bond donors (Lipinski definition) is 0. The number of rotatable bonds is 4. The Labute approximate surface area is 347 Å². The Kier molecular flexibility index (Phi) is 53.0. The zero-order valence-electron chi connectivity index (χ0n) is 35.1. The molecule has 2 aromatic carbocycles. The van der Waals surface area contributed by atoms with Gasteiger partial charge in [0.25, 0.3) is 0 Å². The molecule has 0 aliphatic carbocycles. The predicted octanol–water partition coefficient (Wildman–Crippen LogP) is 12.4. The van der Waals surface area contributed by atoms with Crippen molar-refractivity contribution in [2.75, 3.05) is 0 Å². The van der Waals surface area contributed by atoms with Crippen LogP contribution in [0.15, 0.2) is 84.9 Å². The van der Waals surface area contributed by atoms with Gasteiger partial charge in [0.1, 0.15) is 0 Å². The molecule has 0 aliphatic rings.